The maximum atomic E-state index is 13.4. The topological polar surface area (TPSA) is 38.4 Å². The van der Waals surface area contributed by atoms with Crippen molar-refractivity contribution in [3.8, 4) is 0 Å². The smallest absolute Gasteiger partial charge is 0.386 e. The largest absolute Gasteiger partial charge is 0.419 e. The normalized spacial score (nSPS) is 12.9. The van der Waals surface area contributed by atoms with Gasteiger partial charge in [-0.3, -0.25) is 0 Å². The molecule has 0 bridgehead atoms. The Balaban J connectivity index is 3.39. The second kappa shape index (κ2) is 4.87. The number of hydrogen-bond donors (Lipinski definition) is 1. The molecule has 0 aliphatic heterocycles. The molecule has 1 rings (SSSR count). The molecule has 0 aliphatic rings. The van der Waals surface area contributed by atoms with E-state index < -0.39 is 29.1 Å². The third kappa shape index (κ3) is 3.29. The molecule has 0 saturated heterocycles. The van der Waals surface area contributed by atoms with Crippen LogP contribution in [-0.4, -0.2) is 11.7 Å². The van der Waals surface area contributed by atoms with Crippen molar-refractivity contribution in [2.24, 2.45) is 10.7 Å². The Morgan fingerprint density at radius 2 is 1.88 bits per heavy atom. The van der Waals surface area contributed by atoms with Gasteiger partial charge in [0.25, 0.3) is 0 Å². The molecule has 0 aliphatic carbocycles. The number of benzene rings is 1. The van der Waals surface area contributed by atoms with Crippen molar-refractivity contribution in [2.75, 3.05) is 5.88 Å². The van der Waals surface area contributed by atoms with Gasteiger partial charge in [0.15, 0.2) is 5.82 Å². The average molecular weight is 273 g/mol. The number of halogens is 6. The molecule has 17 heavy (non-hydrogen) atoms. The molecule has 2 N–H and O–H groups in total. The Morgan fingerprint density at radius 3 is 2.35 bits per heavy atom. The van der Waals surface area contributed by atoms with Crippen molar-refractivity contribution in [3.05, 3.63) is 29.3 Å². The first-order chi connectivity index (χ1) is 7.75. The predicted octanol–water partition coefficient (Wildman–Crippen LogP) is 3.21. The fourth-order valence-corrected chi connectivity index (χ4v) is 1.11. The van der Waals surface area contributed by atoms with E-state index in [1.54, 1.807) is 0 Å². The van der Waals surface area contributed by atoms with E-state index in [0.29, 0.717) is 6.07 Å². The zero-order valence-corrected chi connectivity index (χ0v) is 8.91. The molecule has 0 heterocycles. The van der Waals surface area contributed by atoms with Crippen LogP contribution >= 0.6 is 11.6 Å². The highest BCUT2D eigenvalue weighted by Gasteiger charge is 2.35. The van der Waals surface area contributed by atoms with Crippen molar-refractivity contribution in [1.29, 1.82) is 0 Å². The van der Waals surface area contributed by atoms with Gasteiger partial charge in [0.1, 0.15) is 17.3 Å². The predicted molar refractivity (Wildman–Crippen MR) is 53.4 cm³/mol. The summed E-state index contributed by atoms with van der Waals surface area (Å²) < 4.78 is 63.2. The van der Waals surface area contributed by atoms with Gasteiger partial charge in [-0.2, -0.15) is 13.2 Å². The highest BCUT2D eigenvalue weighted by Crippen LogP contribution is 2.35. The molecular formula is C9H6ClF5N2. The van der Waals surface area contributed by atoms with E-state index in [2.05, 4.69) is 4.99 Å². The molecule has 1 aromatic carbocycles. The SMILES string of the molecule is NC(CCl)=Nc1cc(F)cc(C(F)(F)F)c1F. The minimum atomic E-state index is -5.01. The summed E-state index contributed by atoms with van der Waals surface area (Å²) in [5.41, 5.74) is 2.56. The summed E-state index contributed by atoms with van der Waals surface area (Å²) in [4.78, 5) is 3.26. The van der Waals surface area contributed by atoms with Crippen molar-refractivity contribution in [3.63, 3.8) is 0 Å². The van der Waals surface area contributed by atoms with Gasteiger partial charge < -0.3 is 5.73 Å². The number of aliphatic imine (C=N–C) groups is 1. The Labute approximate surface area is 97.9 Å². The van der Waals surface area contributed by atoms with Gasteiger partial charge in [0, 0.05) is 6.07 Å². The molecule has 0 radical (unpaired) electrons. The number of rotatable bonds is 2. The summed E-state index contributed by atoms with van der Waals surface area (Å²) in [7, 11) is 0. The van der Waals surface area contributed by atoms with Crippen LogP contribution < -0.4 is 5.73 Å². The molecule has 0 spiro atoms. The molecule has 2 nitrogen and oxygen atoms in total. The fraction of sp³-hybridized carbons (Fsp3) is 0.222. The Hall–Kier alpha value is -1.37. The van der Waals surface area contributed by atoms with Gasteiger partial charge in [0.05, 0.1) is 11.4 Å². The second-order valence-corrected chi connectivity index (χ2v) is 3.29. The molecule has 0 aromatic heterocycles. The first-order valence-corrected chi connectivity index (χ1v) is 4.74. The van der Waals surface area contributed by atoms with Gasteiger partial charge in [-0.1, -0.05) is 0 Å². The van der Waals surface area contributed by atoms with Crippen LogP contribution in [0.1, 0.15) is 5.56 Å². The lowest BCUT2D eigenvalue weighted by atomic mass is 10.1. The van der Waals surface area contributed by atoms with Crippen LogP contribution in [0.25, 0.3) is 0 Å². The lowest BCUT2D eigenvalue weighted by Gasteiger charge is -2.09. The lowest BCUT2D eigenvalue weighted by molar-refractivity contribution is -0.140. The monoisotopic (exact) mass is 272 g/mol. The van der Waals surface area contributed by atoms with Crippen molar-refractivity contribution in [1.82, 2.24) is 0 Å². The highest BCUT2D eigenvalue weighted by atomic mass is 35.5. The van der Waals surface area contributed by atoms with E-state index >= 15 is 0 Å². The van der Waals surface area contributed by atoms with Crippen molar-refractivity contribution < 1.29 is 22.0 Å². The van der Waals surface area contributed by atoms with E-state index in [1.807, 2.05) is 0 Å². The van der Waals surface area contributed by atoms with E-state index in [9.17, 15) is 22.0 Å². The highest BCUT2D eigenvalue weighted by molar-refractivity contribution is 6.28. The summed E-state index contributed by atoms with van der Waals surface area (Å²) in [6.07, 6.45) is -5.01. The van der Waals surface area contributed by atoms with E-state index in [0.717, 1.165) is 0 Å². The van der Waals surface area contributed by atoms with Gasteiger partial charge in [0.2, 0.25) is 0 Å². The summed E-state index contributed by atoms with van der Waals surface area (Å²) >= 11 is 5.23. The van der Waals surface area contributed by atoms with Crippen LogP contribution in [0.15, 0.2) is 17.1 Å². The summed E-state index contributed by atoms with van der Waals surface area (Å²) in [6.45, 7) is 0. The fourth-order valence-electron chi connectivity index (χ4n) is 1.05. The van der Waals surface area contributed by atoms with E-state index in [1.165, 1.54) is 0 Å². The number of nitrogens with two attached hydrogens (primary N) is 1. The minimum absolute atomic E-state index is 0.0469. The number of hydrogen-bond acceptors (Lipinski definition) is 1. The van der Waals surface area contributed by atoms with Crippen LogP contribution in [-0.2, 0) is 6.18 Å². The minimum Gasteiger partial charge on any atom is -0.386 e. The maximum Gasteiger partial charge on any atom is 0.419 e. The molecule has 0 unspecified atom stereocenters. The molecular weight excluding hydrogens is 267 g/mol. The zero-order valence-electron chi connectivity index (χ0n) is 8.15. The van der Waals surface area contributed by atoms with E-state index in [4.69, 9.17) is 17.3 Å². The van der Waals surface area contributed by atoms with Crippen LogP contribution in [0, 0.1) is 11.6 Å². The molecule has 1 aromatic rings. The second-order valence-electron chi connectivity index (χ2n) is 3.02. The van der Waals surface area contributed by atoms with Gasteiger partial charge >= 0.3 is 6.18 Å². The first kappa shape index (κ1) is 13.7. The number of nitrogens with zero attached hydrogens (tertiary/aromatic N) is 1. The third-order valence-corrected chi connectivity index (χ3v) is 2.00. The molecule has 0 fully saturated rings. The average Bonchev–Trinajstić information content (AvgIpc) is 2.21. The Bertz CT molecular complexity index is 455. The van der Waals surface area contributed by atoms with Crippen molar-refractivity contribution >= 4 is 23.1 Å². The molecule has 94 valence electrons. The van der Waals surface area contributed by atoms with Crippen LogP contribution in [0.3, 0.4) is 0 Å². The summed E-state index contributed by atoms with van der Waals surface area (Å²) in [5.74, 6) is -3.58. The molecule has 8 heteroatoms. The zero-order chi connectivity index (χ0) is 13.2. The van der Waals surface area contributed by atoms with Crippen LogP contribution in [0.5, 0.6) is 0 Å². The van der Waals surface area contributed by atoms with Gasteiger partial charge in [-0.15, -0.1) is 11.6 Å². The standard InChI is InChI=1S/C9H6ClF5N2/c10-3-7(16)17-6-2-4(11)1-5(8(6)12)9(13,14)15/h1-2H,3H2,(H2,16,17). The Morgan fingerprint density at radius 1 is 1.29 bits per heavy atom. The number of amidine groups is 1. The first-order valence-electron chi connectivity index (χ1n) is 4.21. The Kier molecular flexibility index (Phi) is 3.92. The van der Waals surface area contributed by atoms with Gasteiger partial charge in [-0.05, 0) is 6.07 Å². The molecule has 0 atom stereocenters. The quantitative estimate of drug-likeness (QED) is 0.382. The summed E-state index contributed by atoms with van der Waals surface area (Å²) in [5, 5.41) is 0. The van der Waals surface area contributed by atoms with Crippen LogP contribution in [0.4, 0.5) is 27.6 Å². The van der Waals surface area contributed by atoms with Gasteiger partial charge in [-0.25, -0.2) is 13.8 Å². The molecule has 0 saturated carbocycles. The molecule has 0 amide bonds. The maximum absolute atomic E-state index is 13.4. The van der Waals surface area contributed by atoms with Crippen molar-refractivity contribution in [2.45, 2.75) is 6.18 Å². The third-order valence-electron chi connectivity index (χ3n) is 1.72. The van der Waals surface area contributed by atoms with E-state index in [-0.39, 0.29) is 17.8 Å². The van der Waals surface area contributed by atoms with Crippen LogP contribution in [0.2, 0.25) is 0 Å². The summed E-state index contributed by atoms with van der Waals surface area (Å²) in [6, 6.07) is 0.551. The number of alkyl halides is 4. The lowest BCUT2D eigenvalue weighted by Crippen LogP contribution is -2.13.